The van der Waals surface area contributed by atoms with Crippen molar-refractivity contribution >= 4 is 11.9 Å². The van der Waals surface area contributed by atoms with E-state index in [4.69, 9.17) is 4.74 Å². The molecule has 2 unspecified atom stereocenters. The van der Waals surface area contributed by atoms with Crippen molar-refractivity contribution in [1.82, 2.24) is 4.90 Å². The molecule has 4 heteroatoms. The second-order valence-electron chi connectivity index (χ2n) is 5.39. The molecule has 0 spiro atoms. The van der Waals surface area contributed by atoms with Gasteiger partial charge < -0.3 is 9.64 Å². The maximum absolute atomic E-state index is 12.3. The minimum Gasteiger partial charge on any atom is -0.449 e. The van der Waals surface area contributed by atoms with E-state index in [1.165, 1.54) is 12.5 Å². The van der Waals surface area contributed by atoms with Gasteiger partial charge in [0.25, 0.3) is 5.91 Å². The number of carbonyl (C=O) groups excluding carboxylic acids is 2. The van der Waals surface area contributed by atoms with Crippen LogP contribution in [0.25, 0.3) is 0 Å². The number of esters is 1. The Balaban J connectivity index is 2.60. The molecule has 4 nitrogen and oxygen atoms in total. The predicted octanol–water partition coefficient (Wildman–Crippen LogP) is 2.68. The van der Waals surface area contributed by atoms with E-state index in [2.05, 4.69) is 6.92 Å². The quantitative estimate of drug-likeness (QED) is 0.581. The van der Waals surface area contributed by atoms with Gasteiger partial charge in [0.2, 0.25) is 0 Å². The van der Waals surface area contributed by atoms with Crippen molar-refractivity contribution in [3.63, 3.8) is 0 Å². The summed E-state index contributed by atoms with van der Waals surface area (Å²) < 4.78 is 5.16. The number of ether oxygens (including phenoxy) is 1. The summed E-state index contributed by atoms with van der Waals surface area (Å²) in [7, 11) is 0. The van der Waals surface area contributed by atoms with Crippen LogP contribution >= 0.6 is 0 Å². The van der Waals surface area contributed by atoms with Crippen LogP contribution in [0.3, 0.4) is 0 Å². The SMILES string of the molecule is CCC1CCCCN1C(=O)C(C)OC(=O)C=C(C)C. The number of likely N-dealkylation sites (tertiary alicyclic amines) is 1. The highest BCUT2D eigenvalue weighted by molar-refractivity contribution is 5.87. The maximum Gasteiger partial charge on any atom is 0.331 e. The van der Waals surface area contributed by atoms with Gasteiger partial charge in [0.15, 0.2) is 6.10 Å². The number of hydrogen-bond acceptors (Lipinski definition) is 3. The van der Waals surface area contributed by atoms with Gasteiger partial charge in [-0.05, 0) is 46.5 Å². The molecule has 1 heterocycles. The molecule has 0 aliphatic carbocycles. The summed E-state index contributed by atoms with van der Waals surface area (Å²) in [6, 6.07) is 0.297. The molecular formula is C15H25NO3. The molecule has 0 bridgehead atoms. The summed E-state index contributed by atoms with van der Waals surface area (Å²) in [5.74, 6) is -0.507. The molecule has 1 amide bonds. The van der Waals surface area contributed by atoms with Gasteiger partial charge in [0, 0.05) is 18.7 Å². The van der Waals surface area contributed by atoms with E-state index in [0.717, 1.165) is 31.4 Å². The van der Waals surface area contributed by atoms with Crippen LogP contribution < -0.4 is 0 Å². The summed E-state index contributed by atoms with van der Waals surface area (Å²) in [5, 5.41) is 0. The molecule has 0 radical (unpaired) electrons. The third-order valence-corrected chi connectivity index (χ3v) is 3.43. The summed E-state index contributed by atoms with van der Waals surface area (Å²) in [6.07, 6.45) is 4.94. The van der Waals surface area contributed by atoms with E-state index >= 15 is 0 Å². The van der Waals surface area contributed by atoms with E-state index in [9.17, 15) is 9.59 Å². The molecule has 1 rings (SSSR count). The molecule has 1 aliphatic heterocycles. The fraction of sp³-hybridized carbons (Fsp3) is 0.733. The summed E-state index contributed by atoms with van der Waals surface area (Å²) in [4.78, 5) is 25.7. The summed E-state index contributed by atoms with van der Waals surface area (Å²) >= 11 is 0. The molecule has 0 aromatic heterocycles. The predicted molar refractivity (Wildman–Crippen MR) is 74.6 cm³/mol. The largest absolute Gasteiger partial charge is 0.449 e. The molecule has 1 saturated heterocycles. The highest BCUT2D eigenvalue weighted by Crippen LogP contribution is 2.20. The molecule has 0 saturated carbocycles. The van der Waals surface area contributed by atoms with E-state index in [0.29, 0.717) is 6.04 Å². The number of piperidine rings is 1. The van der Waals surface area contributed by atoms with Gasteiger partial charge in [-0.1, -0.05) is 12.5 Å². The molecule has 1 aliphatic rings. The van der Waals surface area contributed by atoms with Crippen LogP contribution in [0, 0.1) is 0 Å². The first-order valence-electron chi connectivity index (χ1n) is 7.11. The van der Waals surface area contributed by atoms with Crippen LogP contribution in [0.4, 0.5) is 0 Å². The summed E-state index contributed by atoms with van der Waals surface area (Å²) in [5.41, 5.74) is 0.869. The lowest BCUT2D eigenvalue weighted by Gasteiger charge is -2.36. The molecular weight excluding hydrogens is 242 g/mol. The van der Waals surface area contributed by atoms with Crippen LogP contribution in [0.1, 0.15) is 53.4 Å². The first-order chi connectivity index (χ1) is 8.95. The maximum atomic E-state index is 12.3. The lowest BCUT2D eigenvalue weighted by molar-refractivity contribution is -0.157. The number of hydrogen-bond donors (Lipinski definition) is 0. The number of carbonyl (C=O) groups is 2. The third-order valence-electron chi connectivity index (χ3n) is 3.43. The Hall–Kier alpha value is -1.32. The number of amides is 1. The molecule has 0 aromatic rings. The Morgan fingerprint density at radius 3 is 2.63 bits per heavy atom. The normalized spacial score (nSPS) is 20.6. The minimum absolute atomic E-state index is 0.0675. The van der Waals surface area contributed by atoms with E-state index in [1.807, 2.05) is 18.7 Å². The first-order valence-corrected chi connectivity index (χ1v) is 7.11. The smallest absolute Gasteiger partial charge is 0.331 e. The van der Waals surface area contributed by atoms with Gasteiger partial charge in [-0.3, -0.25) is 4.79 Å². The zero-order valence-electron chi connectivity index (χ0n) is 12.4. The van der Waals surface area contributed by atoms with Crippen molar-refractivity contribution in [1.29, 1.82) is 0 Å². The van der Waals surface area contributed by atoms with Crippen LogP contribution in [0.2, 0.25) is 0 Å². The highest BCUT2D eigenvalue weighted by Gasteiger charge is 2.30. The molecule has 0 N–H and O–H groups in total. The first kappa shape index (κ1) is 15.7. The monoisotopic (exact) mass is 267 g/mol. The van der Waals surface area contributed by atoms with Crippen LogP contribution in [0.15, 0.2) is 11.6 Å². The van der Waals surface area contributed by atoms with Crippen molar-refractivity contribution in [2.24, 2.45) is 0 Å². The highest BCUT2D eigenvalue weighted by atomic mass is 16.5. The van der Waals surface area contributed by atoms with Crippen LogP contribution in [0.5, 0.6) is 0 Å². The third kappa shape index (κ3) is 4.69. The zero-order chi connectivity index (χ0) is 14.4. The van der Waals surface area contributed by atoms with Gasteiger partial charge in [-0.25, -0.2) is 4.79 Å². The molecule has 2 atom stereocenters. The number of allylic oxidation sites excluding steroid dienone is 1. The van der Waals surface area contributed by atoms with Gasteiger partial charge in [-0.15, -0.1) is 0 Å². The van der Waals surface area contributed by atoms with Crippen molar-refractivity contribution in [3.8, 4) is 0 Å². The number of nitrogens with zero attached hydrogens (tertiary/aromatic N) is 1. The fourth-order valence-corrected chi connectivity index (χ4v) is 2.44. The lowest BCUT2D eigenvalue weighted by Crippen LogP contribution is -2.48. The fourth-order valence-electron chi connectivity index (χ4n) is 2.44. The Morgan fingerprint density at radius 1 is 1.37 bits per heavy atom. The standard InChI is InChI=1S/C15H25NO3/c1-5-13-8-6-7-9-16(13)15(18)12(4)19-14(17)10-11(2)3/h10,12-13H,5-9H2,1-4H3. The van der Waals surface area contributed by atoms with E-state index in [-0.39, 0.29) is 5.91 Å². The average Bonchev–Trinajstić information content (AvgIpc) is 2.36. The molecule has 108 valence electrons. The van der Waals surface area contributed by atoms with Crippen LogP contribution in [-0.2, 0) is 14.3 Å². The molecule has 0 aromatic carbocycles. The van der Waals surface area contributed by atoms with E-state index in [1.54, 1.807) is 6.92 Å². The Kier molecular flexibility index (Phi) is 6.06. The van der Waals surface area contributed by atoms with Gasteiger partial charge in [0.05, 0.1) is 0 Å². The number of rotatable bonds is 4. The van der Waals surface area contributed by atoms with Crippen LogP contribution in [-0.4, -0.2) is 35.5 Å². The van der Waals surface area contributed by atoms with Crippen molar-refractivity contribution < 1.29 is 14.3 Å². The van der Waals surface area contributed by atoms with Gasteiger partial charge in [-0.2, -0.15) is 0 Å². The Morgan fingerprint density at radius 2 is 2.05 bits per heavy atom. The molecule has 19 heavy (non-hydrogen) atoms. The molecule has 1 fully saturated rings. The topological polar surface area (TPSA) is 46.6 Å². The summed E-state index contributed by atoms with van der Waals surface area (Å²) in [6.45, 7) is 8.18. The minimum atomic E-state index is -0.699. The van der Waals surface area contributed by atoms with Gasteiger partial charge >= 0.3 is 5.97 Å². The van der Waals surface area contributed by atoms with Gasteiger partial charge in [0.1, 0.15) is 0 Å². The average molecular weight is 267 g/mol. The zero-order valence-corrected chi connectivity index (χ0v) is 12.4. The Bertz CT molecular complexity index is 358. The van der Waals surface area contributed by atoms with Crippen molar-refractivity contribution in [2.75, 3.05) is 6.54 Å². The second-order valence-corrected chi connectivity index (χ2v) is 5.39. The lowest BCUT2D eigenvalue weighted by atomic mass is 9.99. The van der Waals surface area contributed by atoms with Crippen molar-refractivity contribution in [3.05, 3.63) is 11.6 Å². The Labute approximate surface area is 115 Å². The second kappa shape index (κ2) is 7.31. The van der Waals surface area contributed by atoms with Crippen molar-refractivity contribution in [2.45, 2.75) is 65.5 Å². The van der Waals surface area contributed by atoms with E-state index < -0.39 is 12.1 Å².